The van der Waals surface area contributed by atoms with Crippen LogP contribution in [0.2, 0.25) is 5.02 Å². The lowest BCUT2D eigenvalue weighted by molar-refractivity contribution is 0.0526. The summed E-state index contributed by atoms with van der Waals surface area (Å²) >= 11 is 8.66. The van der Waals surface area contributed by atoms with E-state index >= 15 is 0 Å². The van der Waals surface area contributed by atoms with Gasteiger partial charge >= 0.3 is 5.97 Å². The van der Waals surface area contributed by atoms with Gasteiger partial charge in [-0.15, -0.1) is 0 Å². The van der Waals surface area contributed by atoms with Gasteiger partial charge in [-0.3, -0.25) is 0 Å². The summed E-state index contributed by atoms with van der Waals surface area (Å²) in [5.41, 5.74) is 0.0281. The zero-order chi connectivity index (χ0) is 10.7. The van der Waals surface area contributed by atoms with Crippen LogP contribution in [-0.4, -0.2) is 12.6 Å². The average molecular weight is 282 g/mol. The molecular weight excluding hydrogens is 274 g/mol. The van der Waals surface area contributed by atoms with Gasteiger partial charge in [-0.25, -0.2) is 9.18 Å². The lowest BCUT2D eigenvalue weighted by Gasteiger charge is -2.05. The molecular formula is C9H7BrClFO2. The molecule has 0 aromatic heterocycles. The molecule has 0 spiro atoms. The second kappa shape index (κ2) is 4.75. The summed E-state index contributed by atoms with van der Waals surface area (Å²) < 4.78 is 18.2. The van der Waals surface area contributed by atoms with E-state index < -0.39 is 11.8 Å². The first-order chi connectivity index (χ1) is 6.56. The van der Waals surface area contributed by atoms with E-state index in [9.17, 15) is 9.18 Å². The number of benzene rings is 1. The van der Waals surface area contributed by atoms with Crippen LogP contribution in [0, 0.1) is 5.82 Å². The molecule has 0 N–H and O–H groups in total. The molecule has 0 bridgehead atoms. The van der Waals surface area contributed by atoms with Gasteiger partial charge in [0.15, 0.2) is 0 Å². The molecule has 1 aromatic rings. The lowest BCUT2D eigenvalue weighted by Crippen LogP contribution is -2.06. The predicted molar refractivity (Wildman–Crippen MR) is 55.1 cm³/mol. The second-order valence-corrected chi connectivity index (χ2v) is 3.76. The normalized spacial score (nSPS) is 10.0. The molecule has 0 heterocycles. The van der Waals surface area contributed by atoms with Crippen molar-refractivity contribution in [3.8, 4) is 0 Å². The van der Waals surface area contributed by atoms with Crippen LogP contribution < -0.4 is 0 Å². The number of carbonyl (C=O) groups excluding carboxylic acids is 1. The van der Waals surface area contributed by atoms with Crippen molar-refractivity contribution in [3.63, 3.8) is 0 Å². The van der Waals surface area contributed by atoms with Crippen molar-refractivity contribution in [2.75, 3.05) is 6.61 Å². The van der Waals surface area contributed by atoms with E-state index in [1.165, 1.54) is 12.1 Å². The highest BCUT2D eigenvalue weighted by Gasteiger charge is 2.15. The molecule has 2 nitrogen and oxygen atoms in total. The Morgan fingerprint density at radius 1 is 1.64 bits per heavy atom. The molecule has 0 saturated carbocycles. The summed E-state index contributed by atoms with van der Waals surface area (Å²) in [4.78, 5) is 11.3. The topological polar surface area (TPSA) is 26.3 Å². The zero-order valence-electron chi connectivity index (χ0n) is 7.31. The zero-order valence-corrected chi connectivity index (χ0v) is 9.65. The Morgan fingerprint density at radius 3 is 2.86 bits per heavy atom. The minimum atomic E-state index is -0.649. The fraction of sp³-hybridized carbons (Fsp3) is 0.222. The maximum Gasteiger partial charge on any atom is 0.339 e. The van der Waals surface area contributed by atoms with Crippen LogP contribution in [0.25, 0.3) is 0 Å². The van der Waals surface area contributed by atoms with Crippen LogP contribution in [0.1, 0.15) is 17.3 Å². The molecule has 0 radical (unpaired) electrons. The summed E-state index contributed by atoms with van der Waals surface area (Å²) in [7, 11) is 0. The maximum absolute atomic E-state index is 13.1. The molecule has 0 amide bonds. The van der Waals surface area contributed by atoms with Crippen molar-refractivity contribution >= 4 is 33.5 Å². The van der Waals surface area contributed by atoms with E-state index in [1.54, 1.807) is 6.92 Å². The van der Waals surface area contributed by atoms with E-state index in [4.69, 9.17) is 16.3 Å². The van der Waals surface area contributed by atoms with Gasteiger partial charge < -0.3 is 4.74 Å². The first-order valence-electron chi connectivity index (χ1n) is 3.88. The van der Waals surface area contributed by atoms with Gasteiger partial charge in [0, 0.05) is 4.47 Å². The fourth-order valence-electron chi connectivity index (χ4n) is 0.913. The molecule has 0 aliphatic heterocycles. The average Bonchev–Trinajstić information content (AvgIpc) is 2.11. The first-order valence-corrected chi connectivity index (χ1v) is 5.05. The summed E-state index contributed by atoms with van der Waals surface area (Å²) in [6.07, 6.45) is 0. The standard InChI is InChI=1S/C9H7BrClFO2/c1-2-14-9(13)6-3-5(10)4-7(12)8(6)11/h3-4H,2H2,1H3. The molecule has 1 aromatic carbocycles. The van der Waals surface area contributed by atoms with Crippen LogP contribution in [0.4, 0.5) is 4.39 Å². The largest absolute Gasteiger partial charge is 0.462 e. The minimum Gasteiger partial charge on any atom is -0.462 e. The highest BCUT2D eigenvalue weighted by atomic mass is 79.9. The van der Waals surface area contributed by atoms with Gasteiger partial charge in [-0.1, -0.05) is 27.5 Å². The van der Waals surface area contributed by atoms with Crippen molar-refractivity contribution < 1.29 is 13.9 Å². The Balaban J connectivity index is 3.13. The highest BCUT2D eigenvalue weighted by Crippen LogP contribution is 2.25. The van der Waals surface area contributed by atoms with Crippen molar-refractivity contribution in [2.45, 2.75) is 6.92 Å². The fourth-order valence-corrected chi connectivity index (χ4v) is 1.53. The van der Waals surface area contributed by atoms with Crippen molar-refractivity contribution in [2.24, 2.45) is 0 Å². The number of halogens is 3. The van der Waals surface area contributed by atoms with Crippen LogP contribution in [0.15, 0.2) is 16.6 Å². The third-order valence-corrected chi connectivity index (χ3v) is 2.33. The third kappa shape index (κ3) is 2.45. The maximum atomic E-state index is 13.1. The van der Waals surface area contributed by atoms with Crippen LogP contribution >= 0.6 is 27.5 Å². The van der Waals surface area contributed by atoms with Gasteiger partial charge in [0.1, 0.15) is 5.82 Å². The Hall–Kier alpha value is -0.610. The number of rotatable bonds is 2. The molecule has 0 fully saturated rings. The summed E-state index contributed by atoms with van der Waals surface area (Å²) in [6.45, 7) is 1.89. The third-order valence-electron chi connectivity index (χ3n) is 1.49. The summed E-state index contributed by atoms with van der Waals surface area (Å²) in [5.74, 6) is -1.28. The van der Waals surface area contributed by atoms with Crippen molar-refractivity contribution in [1.29, 1.82) is 0 Å². The van der Waals surface area contributed by atoms with Gasteiger partial charge in [0.25, 0.3) is 0 Å². The quantitative estimate of drug-likeness (QED) is 0.613. The monoisotopic (exact) mass is 280 g/mol. The Labute approximate surface area is 94.1 Å². The molecule has 0 saturated heterocycles. The van der Waals surface area contributed by atoms with Gasteiger partial charge in [0.05, 0.1) is 17.2 Å². The molecule has 5 heteroatoms. The number of hydrogen-bond acceptors (Lipinski definition) is 2. The molecule has 0 aliphatic carbocycles. The molecule has 14 heavy (non-hydrogen) atoms. The first kappa shape index (κ1) is 11.5. The Kier molecular flexibility index (Phi) is 3.89. The van der Waals surface area contributed by atoms with E-state index in [1.807, 2.05) is 0 Å². The molecule has 0 atom stereocenters. The SMILES string of the molecule is CCOC(=O)c1cc(Br)cc(F)c1Cl. The van der Waals surface area contributed by atoms with Crippen molar-refractivity contribution in [1.82, 2.24) is 0 Å². The van der Waals surface area contributed by atoms with E-state index in [-0.39, 0.29) is 17.2 Å². The van der Waals surface area contributed by atoms with Gasteiger partial charge in [-0.2, -0.15) is 0 Å². The Bertz CT molecular complexity index is 368. The smallest absolute Gasteiger partial charge is 0.339 e. The van der Waals surface area contributed by atoms with E-state index in [2.05, 4.69) is 15.9 Å². The second-order valence-electron chi connectivity index (χ2n) is 2.47. The summed E-state index contributed by atoms with van der Waals surface area (Å²) in [5, 5.41) is -0.216. The number of hydrogen-bond donors (Lipinski definition) is 0. The molecule has 1 rings (SSSR count). The highest BCUT2D eigenvalue weighted by molar-refractivity contribution is 9.10. The van der Waals surface area contributed by atoms with Crippen LogP contribution in [-0.2, 0) is 4.74 Å². The van der Waals surface area contributed by atoms with Gasteiger partial charge in [0.2, 0.25) is 0 Å². The molecule has 0 aliphatic rings. The number of esters is 1. The predicted octanol–water partition coefficient (Wildman–Crippen LogP) is 3.42. The van der Waals surface area contributed by atoms with Gasteiger partial charge in [-0.05, 0) is 19.1 Å². The minimum absolute atomic E-state index is 0.0281. The number of ether oxygens (including phenoxy) is 1. The number of carbonyl (C=O) groups is 1. The van der Waals surface area contributed by atoms with E-state index in [0.29, 0.717) is 4.47 Å². The molecule has 76 valence electrons. The van der Waals surface area contributed by atoms with E-state index in [0.717, 1.165) is 0 Å². The van der Waals surface area contributed by atoms with Crippen molar-refractivity contribution in [3.05, 3.63) is 33.0 Å². The molecule has 0 unspecified atom stereocenters. The summed E-state index contributed by atoms with van der Waals surface area (Å²) in [6, 6.07) is 2.61. The van der Waals surface area contributed by atoms with Crippen LogP contribution in [0.5, 0.6) is 0 Å². The lowest BCUT2D eigenvalue weighted by atomic mass is 10.2. The van der Waals surface area contributed by atoms with Crippen LogP contribution in [0.3, 0.4) is 0 Å². The Morgan fingerprint density at radius 2 is 2.29 bits per heavy atom.